The lowest BCUT2D eigenvalue weighted by molar-refractivity contribution is -0.158. The molecular weight excluding hydrogens is 270 g/mol. The predicted molar refractivity (Wildman–Crippen MR) is 77.4 cm³/mol. The van der Waals surface area contributed by atoms with E-state index in [9.17, 15) is 9.59 Å². The fourth-order valence-corrected chi connectivity index (χ4v) is 2.20. The van der Waals surface area contributed by atoms with Gasteiger partial charge in [-0.05, 0) is 12.0 Å². The van der Waals surface area contributed by atoms with E-state index < -0.39 is 0 Å². The number of carbonyl (C=O) groups is 2. The van der Waals surface area contributed by atoms with Gasteiger partial charge < -0.3 is 14.4 Å². The number of benzene rings is 1. The summed E-state index contributed by atoms with van der Waals surface area (Å²) in [4.78, 5) is 24.9. The van der Waals surface area contributed by atoms with Crippen molar-refractivity contribution in [2.24, 2.45) is 5.92 Å². The molecule has 5 heteroatoms. The summed E-state index contributed by atoms with van der Waals surface area (Å²) in [6.45, 7) is 3.79. The van der Waals surface area contributed by atoms with E-state index in [1.54, 1.807) is 4.90 Å². The Morgan fingerprint density at radius 1 is 1.38 bits per heavy atom. The topological polar surface area (TPSA) is 55.8 Å². The first-order chi connectivity index (χ1) is 10.2. The van der Waals surface area contributed by atoms with Gasteiger partial charge in [0.2, 0.25) is 5.91 Å². The monoisotopic (exact) mass is 291 g/mol. The van der Waals surface area contributed by atoms with Gasteiger partial charge >= 0.3 is 5.97 Å². The highest BCUT2D eigenvalue weighted by molar-refractivity contribution is 5.84. The van der Waals surface area contributed by atoms with Crippen LogP contribution in [0.25, 0.3) is 0 Å². The van der Waals surface area contributed by atoms with Crippen molar-refractivity contribution in [1.29, 1.82) is 0 Å². The summed E-state index contributed by atoms with van der Waals surface area (Å²) in [6.07, 6.45) is 0.650. The van der Waals surface area contributed by atoms with Gasteiger partial charge in [-0.25, -0.2) is 0 Å². The molecule has 1 heterocycles. The summed E-state index contributed by atoms with van der Waals surface area (Å²) in [5.41, 5.74) is 1.12. The first-order valence-electron chi connectivity index (χ1n) is 7.23. The lowest BCUT2D eigenvalue weighted by Gasteiger charge is -2.28. The first kappa shape index (κ1) is 15.5. The van der Waals surface area contributed by atoms with E-state index in [-0.39, 0.29) is 24.3 Å². The molecule has 1 aliphatic rings. The van der Waals surface area contributed by atoms with Crippen LogP contribution >= 0.6 is 0 Å². The Labute approximate surface area is 124 Å². The third-order valence-corrected chi connectivity index (χ3v) is 3.48. The highest BCUT2D eigenvalue weighted by Crippen LogP contribution is 2.11. The van der Waals surface area contributed by atoms with Crippen LogP contribution in [-0.2, 0) is 25.7 Å². The maximum absolute atomic E-state index is 12.2. The minimum atomic E-state index is -0.331. The van der Waals surface area contributed by atoms with Crippen LogP contribution in [0.4, 0.5) is 0 Å². The molecule has 1 aromatic carbocycles. The van der Waals surface area contributed by atoms with E-state index >= 15 is 0 Å². The van der Waals surface area contributed by atoms with Gasteiger partial charge in [-0.15, -0.1) is 0 Å². The molecule has 0 aliphatic carbocycles. The maximum atomic E-state index is 12.2. The molecule has 1 unspecified atom stereocenters. The van der Waals surface area contributed by atoms with E-state index in [1.807, 2.05) is 37.3 Å². The Morgan fingerprint density at radius 3 is 2.86 bits per heavy atom. The maximum Gasteiger partial charge on any atom is 0.325 e. The summed E-state index contributed by atoms with van der Waals surface area (Å²) < 4.78 is 10.4. The van der Waals surface area contributed by atoms with Gasteiger partial charge in [0.05, 0.1) is 13.2 Å². The van der Waals surface area contributed by atoms with Crippen LogP contribution < -0.4 is 0 Å². The summed E-state index contributed by atoms with van der Waals surface area (Å²) in [6, 6.07) is 9.93. The van der Waals surface area contributed by atoms with Crippen molar-refractivity contribution < 1.29 is 19.1 Å². The van der Waals surface area contributed by atoms with Gasteiger partial charge in [-0.3, -0.25) is 9.59 Å². The summed E-state index contributed by atoms with van der Waals surface area (Å²) in [7, 11) is 0. The molecular formula is C16H21NO4. The van der Waals surface area contributed by atoms with Crippen molar-refractivity contribution in [3.8, 4) is 0 Å². The van der Waals surface area contributed by atoms with E-state index in [1.165, 1.54) is 0 Å². The molecule has 114 valence electrons. The highest BCUT2D eigenvalue weighted by Gasteiger charge is 2.26. The van der Waals surface area contributed by atoms with E-state index in [0.717, 1.165) is 5.56 Å². The van der Waals surface area contributed by atoms with Crippen molar-refractivity contribution in [2.45, 2.75) is 20.0 Å². The minimum Gasteiger partial charge on any atom is -0.462 e. The predicted octanol–water partition coefficient (Wildman–Crippen LogP) is 1.61. The molecule has 0 radical (unpaired) electrons. The van der Waals surface area contributed by atoms with E-state index in [2.05, 4.69) is 0 Å². The van der Waals surface area contributed by atoms with Gasteiger partial charge in [0.25, 0.3) is 0 Å². The summed E-state index contributed by atoms with van der Waals surface area (Å²) in [5, 5.41) is 0. The lowest BCUT2D eigenvalue weighted by atomic mass is 10.1. The average Bonchev–Trinajstić information content (AvgIpc) is 2.51. The normalized spacial score (nSPS) is 16.4. The smallest absolute Gasteiger partial charge is 0.325 e. The molecule has 1 saturated heterocycles. The van der Waals surface area contributed by atoms with Crippen molar-refractivity contribution in [3.63, 3.8) is 0 Å². The van der Waals surface area contributed by atoms with Gasteiger partial charge in [-0.1, -0.05) is 37.3 Å². The Morgan fingerprint density at radius 2 is 2.14 bits per heavy atom. The molecule has 1 aromatic rings. The second-order valence-corrected chi connectivity index (χ2v) is 5.21. The number of ether oxygens (including phenoxy) is 2. The van der Waals surface area contributed by atoms with Crippen LogP contribution in [0.2, 0.25) is 0 Å². The lowest BCUT2D eigenvalue weighted by Crippen LogP contribution is -2.45. The molecule has 0 bridgehead atoms. The standard InChI is InChI=1S/C16H21NO4/c1-13(16(19)17-8-10-21-15(18)11-17)7-9-20-12-14-5-3-2-4-6-14/h2-6,13H,7-12H2,1H3. The Hall–Kier alpha value is -1.88. The molecule has 1 fully saturated rings. The van der Waals surface area contributed by atoms with Crippen LogP contribution in [0.5, 0.6) is 0 Å². The molecule has 0 aromatic heterocycles. The highest BCUT2D eigenvalue weighted by atomic mass is 16.5. The van der Waals surface area contributed by atoms with Crippen molar-refractivity contribution in [2.75, 3.05) is 26.3 Å². The Balaban J connectivity index is 1.68. The fourth-order valence-electron chi connectivity index (χ4n) is 2.20. The van der Waals surface area contributed by atoms with Crippen molar-refractivity contribution >= 4 is 11.9 Å². The number of cyclic esters (lactones) is 1. The average molecular weight is 291 g/mol. The molecule has 5 nitrogen and oxygen atoms in total. The van der Waals surface area contributed by atoms with Gasteiger partial charge in [-0.2, -0.15) is 0 Å². The third-order valence-electron chi connectivity index (χ3n) is 3.48. The number of rotatable bonds is 6. The largest absolute Gasteiger partial charge is 0.462 e. The zero-order chi connectivity index (χ0) is 15.1. The SMILES string of the molecule is CC(CCOCc1ccccc1)C(=O)N1CCOC(=O)C1. The number of hydrogen-bond acceptors (Lipinski definition) is 4. The Kier molecular flexibility index (Phi) is 5.75. The third kappa shape index (κ3) is 4.86. The number of nitrogens with zero attached hydrogens (tertiary/aromatic N) is 1. The van der Waals surface area contributed by atoms with Gasteiger partial charge in [0.1, 0.15) is 13.2 Å². The zero-order valence-corrected chi connectivity index (χ0v) is 12.3. The molecule has 1 aliphatic heterocycles. The molecule has 0 spiro atoms. The second-order valence-electron chi connectivity index (χ2n) is 5.21. The van der Waals surface area contributed by atoms with Crippen LogP contribution in [0.15, 0.2) is 30.3 Å². The number of hydrogen-bond donors (Lipinski definition) is 0. The zero-order valence-electron chi connectivity index (χ0n) is 12.3. The molecule has 2 rings (SSSR count). The minimum absolute atomic E-state index is 0.00467. The molecule has 0 N–H and O–H groups in total. The van der Waals surface area contributed by atoms with E-state index in [4.69, 9.17) is 9.47 Å². The molecule has 21 heavy (non-hydrogen) atoms. The first-order valence-corrected chi connectivity index (χ1v) is 7.23. The van der Waals surface area contributed by atoms with E-state index in [0.29, 0.717) is 32.8 Å². The molecule has 1 atom stereocenters. The Bertz CT molecular complexity index is 474. The molecule has 1 amide bonds. The number of esters is 1. The number of amides is 1. The van der Waals surface area contributed by atoms with Crippen LogP contribution in [0, 0.1) is 5.92 Å². The van der Waals surface area contributed by atoms with Gasteiger partial charge in [0.15, 0.2) is 0 Å². The number of carbonyl (C=O) groups excluding carboxylic acids is 2. The van der Waals surface area contributed by atoms with Crippen molar-refractivity contribution in [1.82, 2.24) is 4.90 Å². The van der Waals surface area contributed by atoms with Crippen LogP contribution in [0.3, 0.4) is 0 Å². The summed E-state index contributed by atoms with van der Waals surface area (Å²) >= 11 is 0. The second kappa shape index (κ2) is 7.78. The van der Waals surface area contributed by atoms with Crippen LogP contribution in [0.1, 0.15) is 18.9 Å². The summed E-state index contributed by atoms with van der Waals surface area (Å²) in [5.74, 6) is -0.483. The number of morpholine rings is 1. The fraction of sp³-hybridized carbons (Fsp3) is 0.500. The van der Waals surface area contributed by atoms with Crippen molar-refractivity contribution in [3.05, 3.63) is 35.9 Å². The van der Waals surface area contributed by atoms with Gasteiger partial charge in [0, 0.05) is 12.5 Å². The molecule has 0 saturated carbocycles. The van der Waals surface area contributed by atoms with Crippen LogP contribution in [-0.4, -0.2) is 43.1 Å². The quantitative estimate of drug-likeness (QED) is 0.590.